The van der Waals surface area contributed by atoms with Crippen LogP contribution in [-0.2, 0) is 6.42 Å². The monoisotopic (exact) mass is 289 g/mol. The van der Waals surface area contributed by atoms with E-state index in [0.29, 0.717) is 12.0 Å². The molecule has 0 aliphatic heterocycles. The van der Waals surface area contributed by atoms with Gasteiger partial charge in [-0.1, -0.05) is 6.07 Å². The average molecular weight is 289 g/mol. The highest BCUT2D eigenvalue weighted by Crippen LogP contribution is 2.41. The van der Waals surface area contributed by atoms with Crippen molar-refractivity contribution < 1.29 is 5.11 Å². The lowest BCUT2D eigenvalue weighted by Gasteiger charge is -2.37. The van der Waals surface area contributed by atoms with E-state index in [0.717, 1.165) is 25.2 Å². The summed E-state index contributed by atoms with van der Waals surface area (Å²) >= 11 is 0. The molecule has 4 heteroatoms. The Morgan fingerprint density at radius 3 is 2.71 bits per heavy atom. The van der Waals surface area contributed by atoms with Gasteiger partial charge < -0.3 is 15.3 Å². The molecule has 1 atom stereocenters. The molecule has 1 aromatic rings. The summed E-state index contributed by atoms with van der Waals surface area (Å²) < 4.78 is 0. The quantitative estimate of drug-likeness (QED) is 0.722. The molecule has 0 aromatic carbocycles. The van der Waals surface area contributed by atoms with E-state index in [9.17, 15) is 5.11 Å². The van der Waals surface area contributed by atoms with Gasteiger partial charge in [-0.25, -0.2) is 0 Å². The fourth-order valence-electron chi connectivity index (χ4n) is 3.20. The predicted octanol–water partition coefficient (Wildman–Crippen LogP) is 1.45. The number of aliphatic hydroxyl groups excluding tert-OH is 1. The lowest BCUT2D eigenvalue weighted by Crippen LogP contribution is -2.58. The average Bonchev–Trinajstić information content (AvgIpc) is 3.38. The van der Waals surface area contributed by atoms with Crippen LogP contribution in [-0.4, -0.2) is 53.3 Å². The summed E-state index contributed by atoms with van der Waals surface area (Å²) in [6.45, 7) is 2.16. The van der Waals surface area contributed by atoms with Crippen molar-refractivity contribution >= 4 is 0 Å². The number of nitrogens with one attached hydrogen (secondary N) is 1. The summed E-state index contributed by atoms with van der Waals surface area (Å²) in [6, 6.07) is 6.72. The molecule has 2 fully saturated rings. The molecule has 1 aromatic heterocycles. The Balaban J connectivity index is 1.54. The summed E-state index contributed by atoms with van der Waals surface area (Å²) in [6.07, 6.45) is 7.88. The number of likely N-dealkylation sites (N-methyl/N-ethyl adjacent to an activating group) is 1. The van der Waals surface area contributed by atoms with Crippen molar-refractivity contribution in [3.8, 4) is 0 Å². The molecule has 1 unspecified atom stereocenters. The van der Waals surface area contributed by atoms with Crippen LogP contribution in [0.3, 0.4) is 0 Å². The van der Waals surface area contributed by atoms with Gasteiger partial charge in [-0.15, -0.1) is 0 Å². The smallest absolute Gasteiger partial charge is 0.0628 e. The fraction of sp³-hybridized carbons (Fsp3) is 0.706. The van der Waals surface area contributed by atoms with Gasteiger partial charge in [0, 0.05) is 37.4 Å². The number of hydrogen-bond donors (Lipinski definition) is 2. The number of nitrogens with zero attached hydrogens (tertiary/aromatic N) is 2. The Kier molecular flexibility index (Phi) is 4.57. The second-order valence-corrected chi connectivity index (χ2v) is 6.82. The minimum Gasteiger partial charge on any atom is -0.394 e. The lowest BCUT2D eigenvalue weighted by atomic mass is 9.93. The minimum atomic E-state index is -0.0833. The highest BCUT2D eigenvalue weighted by atomic mass is 16.3. The van der Waals surface area contributed by atoms with E-state index in [-0.39, 0.29) is 12.1 Å². The largest absolute Gasteiger partial charge is 0.394 e. The first-order valence-electron chi connectivity index (χ1n) is 8.19. The van der Waals surface area contributed by atoms with Crippen LogP contribution in [0.15, 0.2) is 24.4 Å². The highest BCUT2D eigenvalue weighted by molar-refractivity contribution is 5.07. The molecule has 21 heavy (non-hydrogen) atoms. The Morgan fingerprint density at radius 1 is 1.33 bits per heavy atom. The zero-order valence-corrected chi connectivity index (χ0v) is 13.0. The summed E-state index contributed by atoms with van der Waals surface area (Å²) in [7, 11) is 2.16. The molecule has 3 rings (SSSR count). The van der Waals surface area contributed by atoms with E-state index < -0.39 is 0 Å². The second kappa shape index (κ2) is 6.42. The van der Waals surface area contributed by atoms with Gasteiger partial charge >= 0.3 is 0 Å². The first-order valence-corrected chi connectivity index (χ1v) is 8.19. The van der Waals surface area contributed by atoms with E-state index in [2.05, 4.69) is 28.3 Å². The number of pyridine rings is 1. The van der Waals surface area contributed by atoms with Crippen LogP contribution < -0.4 is 5.32 Å². The molecule has 0 bridgehead atoms. The van der Waals surface area contributed by atoms with Gasteiger partial charge in [-0.05, 0) is 50.8 Å². The summed E-state index contributed by atoms with van der Waals surface area (Å²) in [5.74, 6) is 0.653. The third kappa shape index (κ3) is 4.02. The molecule has 0 saturated heterocycles. The topological polar surface area (TPSA) is 48.4 Å². The van der Waals surface area contributed by atoms with Crippen LogP contribution in [0.5, 0.6) is 0 Å². The van der Waals surface area contributed by atoms with Crippen LogP contribution >= 0.6 is 0 Å². The maximum absolute atomic E-state index is 10.00. The first-order chi connectivity index (χ1) is 10.2. The van der Waals surface area contributed by atoms with Gasteiger partial charge in [0.25, 0.3) is 0 Å². The highest BCUT2D eigenvalue weighted by Gasteiger charge is 2.47. The van der Waals surface area contributed by atoms with Crippen molar-refractivity contribution in [2.75, 3.05) is 26.7 Å². The van der Waals surface area contributed by atoms with Gasteiger partial charge in [0.1, 0.15) is 0 Å². The molecule has 1 heterocycles. The number of hydrogen-bond acceptors (Lipinski definition) is 4. The maximum atomic E-state index is 10.00. The SMILES string of the molecule is CN(CCc1ccccn1)CC(CO)(NC1CC1)C1CC1. The standard InChI is InChI=1S/C17H27N3O/c1-20(11-9-15-4-2-3-10-18-15)12-17(13-21,14-5-6-14)19-16-7-8-16/h2-4,10,14,16,19,21H,5-9,11-13H2,1H3. The van der Waals surface area contributed by atoms with Crippen molar-refractivity contribution in [2.24, 2.45) is 5.92 Å². The molecule has 2 N–H and O–H groups in total. The number of rotatable bonds is 9. The zero-order valence-electron chi connectivity index (χ0n) is 13.0. The van der Waals surface area contributed by atoms with E-state index in [1.165, 1.54) is 25.7 Å². The van der Waals surface area contributed by atoms with Crippen LogP contribution in [0, 0.1) is 5.92 Å². The molecule has 0 spiro atoms. The number of aliphatic hydroxyl groups is 1. The molecular formula is C17H27N3O. The van der Waals surface area contributed by atoms with Crippen molar-refractivity contribution in [3.05, 3.63) is 30.1 Å². The van der Waals surface area contributed by atoms with Gasteiger partial charge in [0.15, 0.2) is 0 Å². The van der Waals surface area contributed by atoms with Crippen LogP contribution in [0.25, 0.3) is 0 Å². The molecule has 0 amide bonds. The van der Waals surface area contributed by atoms with Crippen LogP contribution in [0.1, 0.15) is 31.4 Å². The zero-order chi connectivity index (χ0) is 14.7. The Bertz CT molecular complexity index is 445. The third-order valence-corrected chi connectivity index (χ3v) is 4.74. The fourth-order valence-corrected chi connectivity index (χ4v) is 3.20. The van der Waals surface area contributed by atoms with E-state index in [1.807, 2.05) is 18.3 Å². The van der Waals surface area contributed by atoms with Crippen molar-refractivity contribution in [2.45, 2.75) is 43.7 Å². The third-order valence-electron chi connectivity index (χ3n) is 4.74. The summed E-state index contributed by atoms with van der Waals surface area (Å²) in [5.41, 5.74) is 1.06. The minimum absolute atomic E-state index is 0.0833. The van der Waals surface area contributed by atoms with E-state index in [1.54, 1.807) is 0 Å². The van der Waals surface area contributed by atoms with Gasteiger partial charge in [0.2, 0.25) is 0 Å². The van der Waals surface area contributed by atoms with Gasteiger partial charge in [-0.3, -0.25) is 4.98 Å². The summed E-state index contributed by atoms with van der Waals surface area (Å²) in [5, 5.41) is 13.7. The Morgan fingerprint density at radius 2 is 2.14 bits per heavy atom. The molecular weight excluding hydrogens is 262 g/mol. The summed E-state index contributed by atoms with van der Waals surface area (Å²) in [4.78, 5) is 6.73. The number of aromatic nitrogens is 1. The van der Waals surface area contributed by atoms with Crippen molar-refractivity contribution in [1.82, 2.24) is 15.2 Å². The molecule has 2 aliphatic carbocycles. The predicted molar refractivity (Wildman–Crippen MR) is 84.1 cm³/mol. The van der Waals surface area contributed by atoms with Crippen molar-refractivity contribution in [3.63, 3.8) is 0 Å². The Labute approximate surface area is 127 Å². The molecule has 0 radical (unpaired) electrons. The van der Waals surface area contributed by atoms with E-state index in [4.69, 9.17) is 0 Å². The van der Waals surface area contributed by atoms with Crippen LogP contribution in [0.4, 0.5) is 0 Å². The van der Waals surface area contributed by atoms with E-state index >= 15 is 0 Å². The van der Waals surface area contributed by atoms with Gasteiger partial charge in [0.05, 0.1) is 12.1 Å². The Hall–Kier alpha value is -0.970. The molecule has 2 aliphatic rings. The van der Waals surface area contributed by atoms with Gasteiger partial charge in [-0.2, -0.15) is 0 Å². The molecule has 116 valence electrons. The lowest BCUT2D eigenvalue weighted by molar-refractivity contribution is 0.0992. The van der Waals surface area contributed by atoms with Crippen molar-refractivity contribution in [1.29, 1.82) is 0 Å². The maximum Gasteiger partial charge on any atom is 0.0628 e. The molecule has 4 nitrogen and oxygen atoms in total. The molecule has 2 saturated carbocycles. The second-order valence-electron chi connectivity index (χ2n) is 6.82. The normalized spacial score (nSPS) is 21.5. The first kappa shape index (κ1) is 14.9. The van der Waals surface area contributed by atoms with Crippen LogP contribution in [0.2, 0.25) is 0 Å².